The van der Waals surface area contributed by atoms with Crippen LogP contribution in [-0.2, 0) is 10.0 Å². The van der Waals surface area contributed by atoms with Crippen LogP contribution in [0.25, 0.3) is 10.2 Å². The van der Waals surface area contributed by atoms with Crippen LogP contribution in [0.1, 0.15) is 0 Å². The van der Waals surface area contributed by atoms with E-state index >= 15 is 0 Å². The van der Waals surface area contributed by atoms with Crippen LogP contribution in [0.3, 0.4) is 0 Å². The van der Waals surface area contributed by atoms with E-state index in [0.717, 1.165) is 21.1 Å². The van der Waals surface area contributed by atoms with Gasteiger partial charge in [-0.2, -0.15) is 4.31 Å². The number of methoxy groups -OCH3 is 2. The number of piperazine rings is 1. The van der Waals surface area contributed by atoms with E-state index in [1.165, 1.54) is 21.9 Å². The smallest absolute Gasteiger partial charge is 0.211 e. The highest BCUT2D eigenvalue weighted by Gasteiger charge is 2.26. The zero-order valence-electron chi connectivity index (χ0n) is 13.3. The molecule has 7 nitrogen and oxygen atoms in total. The summed E-state index contributed by atoms with van der Waals surface area (Å²) in [6, 6.07) is 3.71. The molecule has 0 N–H and O–H groups in total. The molecule has 1 saturated heterocycles. The third-order valence-corrected chi connectivity index (χ3v) is 6.31. The van der Waals surface area contributed by atoms with Crippen molar-refractivity contribution in [3.05, 3.63) is 12.1 Å². The number of hydrogen-bond donors (Lipinski definition) is 0. The Morgan fingerprint density at radius 3 is 2.26 bits per heavy atom. The fraction of sp³-hybridized carbons (Fsp3) is 0.500. The summed E-state index contributed by atoms with van der Waals surface area (Å²) in [5.74, 6) is 1.47. The number of rotatable bonds is 4. The number of hydrogen-bond acceptors (Lipinski definition) is 7. The molecule has 2 heterocycles. The number of sulfonamides is 1. The number of ether oxygens (including phenoxy) is 2. The normalized spacial score (nSPS) is 16.7. The fourth-order valence-electron chi connectivity index (χ4n) is 2.62. The number of benzene rings is 1. The molecule has 0 unspecified atom stereocenters. The van der Waals surface area contributed by atoms with Gasteiger partial charge in [0.2, 0.25) is 10.0 Å². The van der Waals surface area contributed by atoms with Crippen LogP contribution in [-0.4, -0.2) is 64.4 Å². The molecule has 0 radical (unpaired) electrons. The van der Waals surface area contributed by atoms with Gasteiger partial charge in [-0.25, -0.2) is 13.4 Å². The molecule has 9 heteroatoms. The van der Waals surface area contributed by atoms with Gasteiger partial charge in [0.1, 0.15) is 21.7 Å². The second-order valence-electron chi connectivity index (χ2n) is 5.29. The first-order valence-electron chi connectivity index (χ1n) is 7.15. The molecule has 1 aliphatic rings. The number of thiazole rings is 1. The fourth-order valence-corrected chi connectivity index (χ4v) is 4.57. The molecule has 1 fully saturated rings. The lowest BCUT2D eigenvalue weighted by Gasteiger charge is -2.32. The maximum Gasteiger partial charge on any atom is 0.211 e. The van der Waals surface area contributed by atoms with E-state index in [0.29, 0.717) is 31.9 Å². The molecular formula is C14H19N3O4S2. The monoisotopic (exact) mass is 357 g/mol. The van der Waals surface area contributed by atoms with E-state index < -0.39 is 10.0 Å². The molecule has 0 amide bonds. The molecule has 1 aromatic carbocycles. The molecule has 0 bridgehead atoms. The average Bonchev–Trinajstić information content (AvgIpc) is 2.98. The van der Waals surface area contributed by atoms with Crippen molar-refractivity contribution >= 4 is 36.7 Å². The van der Waals surface area contributed by atoms with Gasteiger partial charge >= 0.3 is 0 Å². The Kier molecular flexibility index (Phi) is 4.35. The second-order valence-corrected chi connectivity index (χ2v) is 8.25. The first-order valence-corrected chi connectivity index (χ1v) is 9.82. The van der Waals surface area contributed by atoms with Crippen LogP contribution in [0.2, 0.25) is 0 Å². The third-order valence-electron chi connectivity index (χ3n) is 3.88. The van der Waals surface area contributed by atoms with E-state index in [1.54, 1.807) is 14.2 Å². The van der Waals surface area contributed by atoms with Crippen molar-refractivity contribution in [2.24, 2.45) is 0 Å². The largest absolute Gasteiger partial charge is 0.495 e. The van der Waals surface area contributed by atoms with Crippen molar-refractivity contribution in [3.8, 4) is 11.5 Å². The summed E-state index contributed by atoms with van der Waals surface area (Å²) in [6.45, 7) is 2.20. The van der Waals surface area contributed by atoms with Crippen LogP contribution < -0.4 is 14.4 Å². The first kappa shape index (κ1) is 16.3. The summed E-state index contributed by atoms with van der Waals surface area (Å²) in [5, 5.41) is 0.857. The molecule has 0 spiro atoms. The molecule has 3 rings (SSSR count). The Labute approximate surface area is 139 Å². The summed E-state index contributed by atoms with van der Waals surface area (Å²) in [4.78, 5) is 6.78. The van der Waals surface area contributed by atoms with Crippen LogP contribution in [0, 0.1) is 0 Å². The quantitative estimate of drug-likeness (QED) is 0.824. The zero-order chi connectivity index (χ0) is 16.6. The number of fused-ring (bicyclic) bond motifs is 1. The lowest BCUT2D eigenvalue weighted by Crippen LogP contribution is -2.48. The van der Waals surface area contributed by atoms with E-state index in [9.17, 15) is 8.42 Å². The van der Waals surface area contributed by atoms with Crippen LogP contribution in [0.4, 0.5) is 5.13 Å². The van der Waals surface area contributed by atoms with Crippen LogP contribution in [0.15, 0.2) is 12.1 Å². The van der Waals surface area contributed by atoms with Gasteiger partial charge in [-0.05, 0) is 12.1 Å². The maximum atomic E-state index is 11.6. The van der Waals surface area contributed by atoms with E-state index in [-0.39, 0.29) is 0 Å². The van der Waals surface area contributed by atoms with Crippen molar-refractivity contribution in [1.29, 1.82) is 0 Å². The predicted molar refractivity (Wildman–Crippen MR) is 91.4 cm³/mol. The number of aromatic nitrogens is 1. The second kappa shape index (κ2) is 6.14. The highest BCUT2D eigenvalue weighted by Crippen LogP contribution is 2.40. The van der Waals surface area contributed by atoms with E-state index in [2.05, 4.69) is 9.88 Å². The van der Waals surface area contributed by atoms with Gasteiger partial charge < -0.3 is 14.4 Å². The molecule has 0 atom stereocenters. The Bertz CT molecular complexity index is 770. The molecule has 1 aliphatic heterocycles. The minimum Gasteiger partial charge on any atom is -0.495 e. The van der Waals surface area contributed by atoms with Crippen LogP contribution >= 0.6 is 11.3 Å². The molecule has 23 heavy (non-hydrogen) atoms. The molecule has 0 aliphatic carbocycles. The maximum absolute atomic E-state index is 11.6. The van der Waals surface area contributed by atoms with Gasteiger partial charge in [-0.3, -0.25) is 0 Å². The van der Waals surface area contributed by atoms with Crippen molar-refractivity contribution in [2.75, 3.05) is 51.6 Å². The standard InChI is InChI=1S/C14H19N3O4S2/c1-20-10-4-5-11(21-2)13-12(10)15-14(22-13)16-6-8-17(9-7-16)23(3,18)19/h4-5H,6-9H2,1-3H3. The van der Waals surface area contributed by atoms with Crippen molar-refractivity contribution < 1.29 is 17.9 Å². The molecule has 0 saturated carbocycles. The van der Waals surface area contributed by atoms with Crippen molar-refractivity contribution in [3.63, 3.8) is 0 Å². The Morgan fingerprint density at radius 1 is 1.09 bits per heavy atom. The average molecular weight is 357 g/mol. The zero-order valence-corrected chi connectivity index (χ0v) is 14.9. The SMILES string of the molecule is COc1ccc(OC)c2sc(N3CCN(S(C)(=O)=O)CC3)nc12. The summed E-state index contributed by atoms with van der Waals surface area (Å²) >= 11 is 1.54. The highest BCUT2D eigenvalue weighted by atomic mass is 32.2. The molecule has 2 aromatic rings. The Balaban J connectivity index is 1.90. The third kappa shape index (κ3) is 3.08. The van der Waals surface area contributed by atoms with Crippen molar-refractivity contribution in [1.82, 2.24) is 9.29 Å². The summed E-state index contributed by atoms with van der Waals surface area (Å²) in [5.41, 5.74) is 0.775. The molecule has 126 valence electrons. The number of anilines is 1. The minimum absolute atomic E-state index is 0.475. The van der Waals surface area contributed by atoms with Gasteiger partial charge in [0, 0.05) is 26.2 Å². The van der Waals surface area contributed by atoms with E-state index in [1.807, 2.05) is 12.1 Å². The lowest BCUT2D eigenvalue weighted by molar-refractivity contribution is 0.388. The lowest BCUT2D eigenvalue weighted by atomic mass is 10.3. The summed E-state index contributed by atoms with van der Waals surface area (Å²) < 4.78 is 36.4. The molecular weight excluding hydrogens is 338 g/mol. The van der Waals surface area contributed by atoms with Gasteiger partial charge in [0.05, 0.1) is 20.5 Å². The number of nitrogens with zero attached hydrogens (tertiary/aromatic N) is 3. The highest BCUT2D eigenvalue weighted by molar-refractivity contribution is 7.88. The van der Waals surface area contributed by atoms with Crippen molar-refractivity contribution in [2.45, 2.75) is 0 Å². The Hall–Kier alpha value is -1.58. The summed E-state index contributed by atoms with van der Waals surface area (Å²) in [6.07, 6.45) is 1.25. The first-order chi connectivity index (χ1) is 10.9. The minimum atomic E-state index is -3.13. The van der Waals surface area contributed by atoms with Gasteiger partial charge in [0.15, 0.2) is 5.13 Å². The summed E-state index contributed by atoms with van der Waals surface area (Å²) in [7, 11) is 0.119. The van der Waals surface area contributed by atoms with Gasteiger partial charge in [0.25, 0.3) is 0 Å². The van der Waals surface area contributed by atoms with Crippen LogP contribution in [0.5, 0.6) is 11.5 Å². The predicted octanol–water partition coefficient (Wildman–Crippen LogP) is 1.40. The Morgan fingerprint density at radius 2 is 1.70 bits per heavy atom. The van der Waals surface area contributed by atoms with E-state index in [4.69, 9.17) is 9.47 Å². The van der Waals surface area contributed by atoms with Gasteiger partial charge in [-0.1, -0.05) is 11.3 Å². The van der Waals surface area contributed by atoms with Gasteiger partial charge in [-0.15, -0.1) is 0 Å². The molecule has 1 aromatic heterocycles. The topological polar surface area (TPSA) is 72.0 Å².